The number of amides is 1. The highest BCUT2D eigenvalue weighted by atomic mass is 35.5. The average Bonchev–Trinajstić information content (AvgIpc) is 3.50. The van der Waals surface area contributed by atoms with Crippen LogP contribution in [0.15, 0.2) is 66.2 Å². The molecular weight excluding hydrogens is 496 g/mol. The number of aromatic nitrogens is 1. The number of rotatable bonds is 3. The van der Waals surface area contributed by atoms with Gasteiger partial charge < -0.3 is 9.84 Å². The van der Waals surface area contributed by atoms with Crippen LogP contribution in [0.2, 0.25) is 5.02 Å². The van der Waals surface area contributed by atoms with E-state index in [1.54, 1.807) is 36.4 Å². The van der Waals surface area contributed by atoms with Gasteiger partial charge in [0.2, 0.25) is 0 Å². The molecule has 3 heterocycles. The Hall–Kier alpha value is -3.68. The predicted molar refractivity (Wildman–Crippen MR) is 141 cm³/mol. The Morgan fingerprint density at radius 2 is 1.97 bits per heavy atom. The van der Waals surface area contributed by atoms with E-state index in [-0.39, 0.29) is 17.4 Å². The molecular formula is C28H21ClN2O4S. The number of hydrogen-bond acceptors (Lipinski definition) is 6. The van der Waals surface area contributed by atoms with E-state index in [1.807, 2.05) is 38.1 Å². The summed E-state index contributed by atoms with van der Waals surface area (Å²) in [5.41, 5.74) is 3.82. The number of anilines is 1. The molecule has 8 heteroatoms. The van der Waals surface area contributed by atoms with Gasteiger partial charge >= 0.3 is 5.91 Å². The first-order valence-corrected chi connectivity index (χ1v) is 12.7. The second-order valence-electron chi connectivity index (χ2n) is 9.15. The van der Waals surface area contributed by atoms with Crippen molar-refractivity contribution in [3.05, 3.63) is 93.5 Å². The summed E-state index contributed by atoms with van der Waals surface area (Å²) in [6.07, 6.45) is 0.741. The molecule has 1 saturated heterocycles. The number of Topliss-reactive ketones (excluding diaryl/α,β-unsaturated/α-hetero) is 1. The number of nitrogens with zero attached hydrogens (tertiary/aromatic N) is 2. The summed E-state index contributed by atoms with van der Waals surface area (Å²) in [4.78, 5) is 32.9. The predicted octanol–water partition coefficient (Wildman–Crippen LogP) is 6.21. The van der Waals surface area contributed by atoms with Crippen LogP contribution in [0.3, 0.4) is 0 Å². The van der Waals surface area contributed by atoms with Gasteiger partial charge in [-0.25, -0.2) is 4.98 Å². The van der Waals surface area contributed by atoms with Crippen molar-refractivity contribution in [3.63, 3.8) is 0 Å². The zero-order valence-corrected chi connectivity index (χ0v) is 21.1. The van der Waals surface area contributed by atoms with Crippen LogP contribution in [0.4, 0.5) is 5.13 Å². The highest BCUT2D eigenvalue weighted by Gasteiger charge is 2.48. The zero-order valence-electron chi connectivity index (χ0n) is 19.5. The fourth-order valence-electron chi connectivity index (χ4n) is 4.87. The molecule has 1 fully saturated rings. The molecule has 2 unspecified atom stereocenters. The zero-order chi connectivity index (χ0) is 25.1. The van der Waals surface area contributed by atoms with Gasteiger partial charge in [-0.1, -0.05) is 41.1 Å². The monoisotopic (exact) mass is 516 g/mol. The fourth-order valence-corrected chi connectivity index (χ4v) is 6.16. The third kappa shape index (κ3) is 3.67. The number of fused-ring (bicyclic) bond motifs is 2. The molecule has 36 heavy (non-hydrogen) atoms. The highest BCUT2D eigenvalue weighted by Crippen LogP contribution is 2.45. The van der Waals surface area contributed by atoms with Crippen LogP contribution < -0.4 is 9.64 Å². The van der Waals surface area contributed by atoms with Gasteiger partial charge in [-0.05, 0) is 73.0 Å². The van der Waals surface area contributed by atoms with Crippen LogP contribution in [0.1, 0.15) is 35.2 Å². The first-order chi connectivity index (χ1) is 17.3. The molecule has 2 aliphatic rings. The second-order valence-corrected chi connectivity index (χ2v) is 10.6. The van der Waals surface area contributed by atoms with Crippen LogP contribution >= 0.6 is 22.9 Å². The van der Waals surface area contributed by atoms with Crippen LogP contribution in [0, 0.1) is 6.92 Å². The third-order valence-electron chi connectivity index (χ3n) is 6.52. The number of ether oxygens (including phenoxy) is 1. The van der Waals surface area contributed by atoms with Gasteiger partial charge in [-0.3, -0.25) is 14.5 Å². The lowest BCUT2D eigenvalue weighted by molar-refractivity contribution is -0.132. The number of aliphatic hydroxyl groups excluding tert-OH is 1. The summed E-state index contributed by atoms with van der Waals surface area (Å²) in [5.74, 6) is -0.982. The minimum atomic E-state index is -0.881. The number of halogens is 1. The van der Waals surface area contributed by atoms with Gasteiger partial charge in [-0.15, -0.1) is 0 Å². The third-order valence-corrected chi connectivity index (χ3v) is 7.77. The highest BCUT2D eigenvalue weighted by molar-refractivity contribution is 7.22. The van der Waals surface area contributed by atoms with E-state index >= 15 is 0 Å². The smallest absolute Gasteiger partial charge is 0.301 e. The number of benzene rings is 3. The van der Waals surface area contributed by atoms with Gasteiger partial charge in [0, 0.05) is 17.0 Å². The second kappa shape index (κ2) is 8.47. The number of thiazole rings is 1. The first-order valence-electron chi connectivity index (χ1n) is 11.5. The summed E-state index contributed by atoms with van der Waals surface area (Å²) >= 11 is 7.63. The first kappa shape index (κ1) is 22.8. The van der Waals surface area contributed by atoms with E-state index in [2.05, 4.69) is 4.98 Å². The van der Waals surface area contributed by atoms with E-state index in [1.165, 1.54) is 16.2 Å². The molecule has 0 spiro atoms. The Morgan fingerprint density at radius 1 is 1.14 bits per heavy atom. The van der Waals surface area contributed by atoms with Crippen molar-refractivity contribution >= 4 is 55.7 Å². The standard InChI is InChI=1S/C28H21ClN2O4S/c1-14-6-8-20-22(10-14)36-28(30-20)31-24(16-4-3-5-19(29)13-16)23(26(33)27(31)34)25(32)17-7-9-21-18(12-17)11-15(2)35-21/h3-10,12-13,15,24,32H,11H2,1-2H3/b25-23-. The van der Waals surface area contributed by atoms with Crippen molar-refractivity contribution < 1.29 is 19.4 Å². The Kier molecular flexibility index (Phi) is 5.35. The maximum Gasteiger partial charge on any atom is 0.301 e. The van der Waals surface area contributed by atoms with Crippen LogP contribution in [-0.4, -0.2) is 27.9 Å². The summed E-state index contributed by atoms with van der Waals surface area (Å²) in [6, 6.07) is 17.2. The van der Waals surface area contributed by atoms with Crippen LogP contribution in [0.5, 0.6) is 5.75 Å². The van der Waals surface area contributed by atoms with Gasteiger partial charge in [0.25, 0.3) is 5.78 Å². The molecule has 6 nitrogen and oxygen atoms in total. The number of carbonyl (C=O) groups is 2. The number of hydrogen-bond donors (Lipinski definition) is 1. The lowest BCUT2D eigenvalue weighted by Gasteiger charge is -2.23. The van der Waals surface area contributed by atoms with E-state index in [9.17, 15) is 14.7 Å². The van der Waals surface area contributed by atoms with E-state index in [4.69, 9.17) is 16.3 Å². The molecule has 6 rings (SSSR count). The Labute approximate surface area is 216 Å². The van der Waals surface area contributed by atoms with Gasteiger partial charge in [0.05, 0.1) is 21.8 Å². The number of aliphatic hydroxyl groups is 1. The largest absolute Gasteiger partial charge is 0.507 e. The van der Waals surface area contributed by atoms with Crippen LogP contribution in [-0.2, 0) is 16.0 Å². The van der Waals surface area contributed by atoms with Crippen molar-refractivity contribution in [3.8, 4) is 5.75 Å². The van der Waals surface area contributed by atoms with E-state index < -0.39 is 17.7 Å². The molecule has 1 amide bonds. The van der Waals surface area contributed by atoms with E-state index in [0.717, 1.165) is 27.1 Å². The van der Waals surface area contributed by atoms with Crippen molar-refractivity contribution in [2.75, 3.05) is 4.90 Å². The number of ketones is 1. The lowest BCUT2D eigenvalue weighted by Crippen LogP contribution is -2.29. The van der Waals surface area contributed by atoms with Gasteiger partial charge in [0.15, 0.2) is 5.13 Å². The summed E-state index contributed by atoms with van der Waals surface area (Å²) in [6.45, 7) is 3.96. The average molecular weight is 517 g/mol. The lowest BCUT2D eigenvalue weighted by atomic mass is 9.94. The molecule has 3 aromatic carbocycles. The van der Waals surface area contributed by atoms with Crippen LogP contribution in [0.25, 0.3) is 16.0 Å². The fraction of sp³-hybridized carbons (Fsp3) is 0.179. The molecule has 4 aromatic rings. The van der Waals surface area contributed by atoms with Crippen molar-refractivity contribution in [2.24, 2.45) is 0 Å². The number of carbonyl (C=O) groups excluding carboxylic acids is 2. The topological polar surface area (TPSA) is 79.7 Å². The molecule has 0 bridgehead atoms. The van der Waals surface area contributed by atoms with Crippen molar-refractivity contribution in [1.29, 1.82) is 0 Å². The molecule has 1 aromatic heterocycles. The van der Waals surface area contributed by atoms with Crippen molar-refractivity contribution in [2.45, 2.75) is 32.4 Å². The molecule has 2 atom stereocenters. The number of aryl methyl sites for hydroxylation is 1. The molecule has 0 saturated carbocycles. The Morgan fingerprint density at radius 3 is 2.78 bits per heavy atom. The molecule has 1 N–H and O–H groups in total. The summed E-state index contributed by atoms with van der Waals surface area (Å²) < 4.78 is 6.68. The Balaban J connectivity index is 1.54. The molecule has 0 aliphatic carbocycles. The molecule has 180 valence electrons. The van der Waals surface area contributed by atoms with Gasteiger partial charge in [0.1, 0.15) is 17.6 Å². The SMILES string of the molecule is Cc1ccc2nc(N3C(=O)C(=O)/C(=C(\O)c4ccc5c(c4)CC(C)O5)C3c3cccc(Cl)c3)sc2c1. The minimum absolute atomic E-state index is 0.00428. The summed E-state index contributed by atoms with van der Waals surface area (Å²) in [7, 11) is 0. The van der Waals surface area contributed by atoms with Gasteiger partial charge in [-0.2, -0.15) is 0 Å². The quantitative estimate of drug-likeness (QED) is 0.199. The minimum Gasteiger partial charge on any atom is -0.507 e. The Bertz CT molecular complexity index is 1610. The summed E-state index contributed by atoms with van der Waals surface area (Å²) in [5, 5.41) is 12.3. The normalized spacial score (nSPS) is 20.7. The van der Waals surface area contributed by atoms with Crippen molar-refractivity contribution in [1.82, 2.24) is 4.98 Å². The maximum atomic E-state index is 13.4. The maximum absolute atomic E-state index is 13.4. The molecule has 0 radical (unpaired) electrons. The van der Waals surface area contributed by atoms with E-state index in [0.29, 0.717) is 27.7 Å². The molecule has 2 aliphatic heterocycles.